The monoisotopic (exact) mass is 708 g/mol. The normalized spacial score (nSPS) is 50.4. The Morgan fingerprint density at radius 2 is 0.729 bits per heavy atom. The predicted octanol–water partition coefficient (Wildman–Crippen LogP) is -7.79. The largest absolute Gasteiger partial charge is 0.387 e. The van der Waals surface area contributed by atoms with E-state index in [2.05, 4.69) is 0 Å². The van der Waals surface area contributed by atoms with Gasteiger partial charge in [-0.05, 0) is 0 Å². The van der Waals surface area contributed by atoms with Crippen LogP contribution in [0.15, 0.2) is 0 Å². The molecule has 0 radical (unpaired) electrons. The molecule has 4 heterocycles. The molecule has 0 bridgehead atoms. The van der Waals surface area contributed by atoms with Crippen LogP contribution in [0.3, 0.4) is 0 Å². The molecule has 21 nitrogen and oxygen atoms in total. The average Bonchev–Trinajstić information content (AvgIpc) is 3.07. The Hall–Kier alpha value is -0.840. The van der Waals surface area contributed by atoms with Gasteiger partial charge in [-0.1, -0.05) is 0 Å². The van der Waals surface area contributed by atoms with Crippen molar-refractivity contribution in [1.82, 2.24) is 0 Å². The summed E-state index contributed by atoms with van der Waals surface area (Å²) in [6.07, 6.45) is -32.1. The number of hydrogen-bond acceptors (Lipinski definition) is 21. The zero-order valence-corrected chi connectivity index (χ0v) is 26.4. The minimum Gasteiger partial charge on any atom is -0.387 e. The smallest absolute Gasteiger partial charge is 0.187 e. The van der Waals surface area contributed by atoms with Gasteiger partial charge in [0.2, 0.25) is 0 Å². The minimum atomic E-state index is -1.88. The van der Waals surface area contributed by atoms with Gasteiger partial charge in [0.1, 0.15) is 97.7 Å². The number of aliphatic hydroxyl groups excluding tert-OH is 11. The van der Waals surface area contributed by atoms with Gasteiger partial charge in [0.05, 0.1) is 26.4 Å². The second-order valence-electron chi connectivity index (χ2n) is 12.0. The molecule has 20 atom stereocenters. The number of rotatable bonds is 13. The molecule has 0 saturated carbocycles. The molecular weight excluding hydrogens is 660 g/mol. The summed E-state index contributed by atoms with van der Waals surface area (Å²) in [4.78, 5) is 0. The fourth-order valence-corrected chi connectivity index (χ4v) is 5.81. The van der Waals surface area contributed by atoms with Crippen molar-refractivity contribution in [3.63, 3.8) is 0 Å². The summed E-state index contributed by atoms with van der Waals surface area (Å²) in [5, 5.41) is 115. The molecule has 20 unspecified atom stereocenters. The fraction of sp³-hybridized carbons (Fsp3) is 1.00. The van der Waals surface area contributed by atoms with E-state index < -0.39 is 136 Å². The SMILES string of the molecule is COCC1OC(OCC2OC(OCC3OC(OC)C(O)C(O)C3O)C(O)C(OC3OC(COC)C(O)C(O)C3O)C2O)C(O)C(O)C1O. The number of hydrogen-bond donors (Lipinski definition) is 11. The predicted molar refractivity (Wildman–Crippen MR) is 148 cm³/mol. The second kappa shape index (κ2) is 17.6. The van der Waals surface area contributed by atoms with Crippen LogP contribution in [0, 0.1) is 0 Å². The van der Waals surface area contributed by atoms with Crippen LogP contribution in [0.4, 0.5) is 0 Å². The number of aliphatic hydroxyl groups is 11. The maximum absolute atomic E-state index is 11.3. The molecule has 0 aromatic carbocycles. The molecule has 4 saturated heterocycles. The molecule has 0 amide bonds. The van der Waals surface area contributed by atoms with Crippen LogP contribution in [-0.2, 0) is 47.4 Å². The Balaban J connectivity index is 1.52. The molecule has 4 aliphatic rings. The Labute approximate surface area is 274 Å². The zero-order valence-electron chi connectivity index (χ0n) is 26.4. The molecule has 0 aliphatic carbocycles. The van der Waals surface area contributed by atoms with E-state index in [9.17, 15) is 56.2 Å². The Morgan fingerprint density at radius 1 is 0.375 bits per heavy atom. The molecule has 4 fully saturated rings. The van der Waals surface area contributed by atoms with E-state index in [1.807, 2.05) is 0 Å². The topological polar surface area (TPSA) is 315 Å². The highest BCUT2D eigenvalue weighted by Crippen LogP contribution is 2.32. The highest BCUT2D eigenvalue weighted by Gasteiger charge is 2.53. The van der Waals surface area contributed by atoms with Crippen LogP contribution < -0.4 is 0 Å². The number of ether oxygens (including phenoxy) is 10. The first-order valence-electron chi connectivity index (χ1n) is 15.3. The van der Waals surface area contributed by atoms with Crippen molar-refractivity contribution in [2.24, 2.45) is 0 Å². The number of methoxy groups -OCH3 is 3. The van der Waals surface area contributed by atoms with E-state index in [0.29, 0.717) is 0 Å². The third kappa shape index (κ3) is 8.61. The molecule has 0 spiro atoms. The van der Waals surface area contributed by atoms with Gasteiger partial charge in [-0.2, -0.15) is 0 Å². The van der Waals surface area contributed by atoms with Crippen LogP contribution in [0.25, 0.3) is 0 Å². The minimum absolute atomic E-state index is 0.176. The van der Waals surface area contributed by atoms with Crippen LogP contribution >= 0.6 is 0 Å². The maximum atomic E-state index is 11.3. The van der Waals surface area contributed by atoms with E-state index in [1.54, 1.807) is 0 Å². The quantitative estimate of drug-likeness (QED) is 0.0846. The summed E-state index contributed by atoms with van der Waals surface area (Å²) in [5.41, 5.74) is 0. The van der Waals surface area contributed by atoms with E-state index in [1.165, 1.54) is 21.3 Å². The first-order valence-corrected chi connectivity index (χ1v) is 15.3. The Morgan fingerprint density at radius 3 is 1.19 bits per heavy atom. The van der Waals surface area contributed by atoms with Crippen molar-refractivity contribution >= 4 is 0 Å². The molecular formula is C27H48O21. The summed E-state index contributed by atoms with van der Waals surface area (Å²) in [5.74, 6) is 0. The third-order valence-electron chi connectivity index (χ3n) is 8.68. The van der Waals surface area contributed by atoms with Crippen molar-refractivity contribution in [3.05, 3.63) is 0 Å². The summed E-state index contributed by atoms with van der Waals surface area (Å²) in [6, 6.07) is 0. The third-order valence-corrected chi connectivity index (χ3v) is 8.68. The van der Waals surface area contributed by atoms with Crippen molar-refractivity contribution in [3.8, 4) is 0 Å². The molecule has 4 rings (SSSR count). The fourth-order valence-electron chi connectivity index (χ4n) is 5.81. The van der Waals surface area contributed by atoms with E-state index >= 15 is 0 Å². The lowest BCUT2D eigenvalue weighted by Crippen LogP contribution is -2.65. The molecule has 0 aromatic rings. The van der Waals surface area contributed by atoms with Gasteiger partial charge in [0, 0.05) is 21.3 Å². The van der Waals surface area contributed by atoms with Crippen molar-refractivity contribution in [2.75, 3.05) is 47.8 Å². The second-order valence-corrected chi connectivity index (χ2v) is 12.0. The lowest BCUT2D eigenvalue weighted by atomic mass is 9.96. The highest BCUT2D eigenvalue weighted by atomic mass is 16.8. The van der Waals surface area contributed by atoms with E-state index in [0.717, 1.165) is 0 Å². The lowest BCUT2D eigenvalue weighted by Gasteiger charge is -2.47. The van der Waals surface area contributed by atoms with Gasteiger partial charge >= 0.3 is 0 Å². The van der Waals surface area contributed by atoms with E-state index in [4.69, 9.17) is 47.4 Å². The average molecular weight is 709 g/mol. The van der Waals surface area contributed by atoms with Gasteiger partial charge in [0.25, 0.3) is 0 Å². The Bertz CT molecular complexity index is 964. The van der Waals surface area contributed by atoms with Crippen molar-refractivity contribution < 1.29 is 104 Å². The van der Waals surface area contributed by atoms with Crippen molar-refractivity contribution in [1.29, 1.82) is 0 Å². The highest BCUT2D eigenvalue weighted by molar-refractivity contribution is 4.96. The van der Waals surface area contributed by atoms with Gasteiger partial charge in [-0.3, -0.25) is 0 Å². The molecule has 21 heteroatoms. The molecule has 0 aromatic heterocycles. The first-order chi connectivity index (χ1) is 22.7. The van der Waals surface area contributed by atoms with Gasteiger partial charge in [-0.15, -0.1) is 0 Å². The van der Waals surface area contributed by atoms with E-state index in [-0.39, 0.29) is 13.2 Å². The molecule has 11 N–H and O–H groups in total. The van der Waals surface area contributed by atoms with Gasteiger partial charge < -0.3 is 104 Å². The lowest BCUT2D eigenvalue weighted by molar-refractivity contribution is -0.370. The van der Waals surface area contributed by atoms with Gasteiger partial charge in [0.15, 0.2) is 25.2 Å². The van der Waals surface area contributed by atoms with Crippen molar-refractivity contribution in [2.45, 2.75) is 123 Å². The molecule has 282 valence electrons. The zero-order chi connectivity index (χ0) is 35.4. The van der Waals surface area contributed by atoms with Crippen LogP contribution in [0.5, 0.6) is 0 Å². The maximum Gasteiger partial charge on any atom is 0.187 e. The Kier molecular flexibility index (Phi) is 14.6. The summed E-state index contributed by atoms with van der Waals surface area (Å²) < 4.78 is 54.2. The van der Waals surface area contributed by atoms with Crippen LogP contribution in [0.1, 0.15) is 0 Å². The van der Waals surface area contributed by atoms with Crippen LogP contribution in [0.2, 0.25) is 0 Å². The molecule has 4 aliphatic heterocycles. The van der Waals surface area contributed by atoms with Crippen LogP contribution in [-0.4, -0.2) is 227 Å². The summed E-state index contributed by atoms with van der Waals surface area (Å²) in [6.45, 7) is -1.62. The first kappa shape index (κ1) is 39.9. The van der Waals surface area contributed by atoms with Gasteiger partial charge in [-0.25, -0.2) is 0 Å². The molecule has 48 heavy (non-hydrogen) atoms. The standard InChI is InChI=1S/C27H48O21/c1-39-4-8-12(28)17(33)20(36)25(45-8)42-7-11-15(31)23(48-27-21(37)18(34)13(29)9(47-27)5-40-2)22(38)26(46-11)43-6-10-14(30)16(32)19(35)24(41-3)44-10/h8-38H,4-7H2,1-3H3. The summed E-state index contributed by atoms with van der Waals surface area (Å²) in [7, 11) is 3.81. The summed E-state index contributed by atoms with van der Waals surface area (Å²) >= 11 is 0.